The van der Waals surface area contributed by atoms with E-state index < -0.39 is 0 Å². The minimum atomic E-state index is -0.153. The van der Waals surface area contributed by atoms with Gasteiger partial charge >= 0.3 is 0 Å². The molecule has 146 valence electrons. The van der Waals surface area contributed by atoms with Crippen molar-refractivity contribution in [2.45, 2.75) is 32.7 Å². The molecular weight excluding hydrogens is 362 g/mol. The van der Waals surface area contributed by atoms with Crippen molar-refractivity contribution in [1.29, 1.82) is 0 Å². The van der Waals surface area contributed by atoms with Gasteiger partial charge in [0.2, 0.25) is 0 Å². The highest BCUT2D eigenvalue weighted by Crippen LogP contribution is 2.19. The Kier molecular flexibility index (Phi) is 7.62. The number of benzene rings is 1. The van der Waals surface area contributed by atoms with Gasteiger partial charge in [-0.1, -0.05) is 19.8 Å². The van der Waals surface area contributed by atoms with Crippen molar-refractivity contribution in [3.05, 3.63) is 40.9 Å². The van der Waals surface area contributed by atoms with Crippen LogP contribution in [-0.4, -0.2) is 48.7 Å². The predicted octanol–water partition coefficient (Wildman–Crippen LogP) is 3.80. The molecule has 3 rings (SSSR count). The summed E-state index contributed by atoms with van der Waals surface area (Å²) in [5.41, 5.74) is 1.58. The second-order valence-corrected chi connectivity index (χ2v) is 7.42. The molecule has 1 fully saturated rings. The van der Waals surface area contributed by atoms with Crippen LogP contribution in [0.2, 0.25) is 0 Å². The van der Waals surface area contributed by atoms with Gasteiger partial charge in [-0.05, 0) is 30.7 Å². The molecule has 1 aliphatic rings. The Labute approximate surface area is 164 Å². The monoisotopic (exact) mass is 389 g/mol. The van der Waals surface area contributed by atoms with Gasteiger partial charge in [-0.3, -0.25) is 15.0 Å². The summed E-state index contributed by atoms with van der Waals surface area (Å²) < 4.78 is 11.0. The molecule has 1 amide bonds. The molecule has 6 nitrogen and oxygen atoms in total. The first-order chi connectivity index (χ1) is 13.2. The number of unbranched alkanes of at least 4 members (excludes halogenated alkanes) is 2. The number of morpholine rings is 1. The highest BCUT2D eigenvalue weighted by Gasteiger charge is 2.14. The number of hydrogen-bond acceptors (Lipinski definition) is 6. The molecule has 27 heavy (non-hydrogen) atoms. The number of rotatable bonds is 9. The molecule has 1 aromatic carbocycles. The fourth-order valence-corrected chi connectivity index (χ4v) is 3.54. The molecule has 0 aliphatic carbocycles. The van der Waals surface area contributed by atoms with E-state index in [9.17, 15) is 4.79 Å². The first kappa shape index (κ1) is 19.8. The molecule has 0 spiro atoms. The quantitative estimate of drug-likeness (QED) is 0.661. The number of nitrogens with zero attached hydrogens (tertiary/aromatic N) is 2. The van der Waals surface area contributed by atoms with E-state index in [2.05, 4.69) is 22.1 Å². The standard InChI is InChI=1S/C20H27N3O3S/c1-2-3-4-11-26-18-7-5-16(6-8-18)19(24)22-20-21-17(15-27-20)14-23-9-12-25-13-10-23/h5-8,15H,2-4,9-14H2,1H3,(H,21,22,24). The Bertz CT molecular complexity index is 712. The molecule has 1 aromatic heterocycles. The predicted molar refractivity (Wildman–Crippen MR) is 108 cm³/mol. The first-order valence-corrected chi connectivity index (χ1v) is 10.4. The highest BCUT2D eigenvalue weighted by molar-refractivity contribution is 7.13. The fraction of sp³-hybridized carbons (Fsp3) is 0.500. The molecule has 0 radical (unpaired) electrons. The van der Waals surface area contributed by atoms with E-state index in [0.717, 1.165) is 50.7 Å². The summed E-state index contributed by atoms with van der Waals surface area (Å²) in [5.74, 6) is 0.643. The summed E-state index contributed by atoms with van der Waals surface area (Å²) in [5, 5.41) is 5.51. The van der Waals surface area contributed by atoms with Crippen LogP contribution in [0.4, 0.5) is 5.13 Å². The van der Waals surface area contributed by atoms with Crippen molar-refractivity contribution in [2.24, 2.45) is 0 Å². The molecular formula is C20H27N3O3S. The Morgan fingerprint density at radius 2 is 2.04 bits per heavy atom. The van der Waals surface area contributed by atoms with Crippen LogP contribution in [0.3, 0.4) is 0 Å². The van der Waals surface area contributed by atoms with Crippen LogP contribution in [0.1, 0.15) is 42.2 Å². The number of carbonyl (C=O) groups is 1. The molecule has 0 saturated carbocycles. The van der Waals surface area contributed by atoms with Gasteiger partial charge in [0.15, 0.2) is 5.13 Å². The molecule has 0 bridgehead atoms. The zero-order valence-electron chi connectivity index (χ0n) is 15.8. The molecule has 7 heteroatoms. The van der Waals surface area contributed by atoms with E-state index in [1.807, 2.05) is 17.5 Å². The summed E-state index contributed by atoms with van der Waals surface area (Å²) in [4.78, 5) is 19.2. The summed E-state index contributed by atoms with van der Waals surface area (Å²) in [6.45, 7) is 7.06. The number of hydrogen-bond donors (Lipinski definition) is 1. The van der Waals surface area contributed by atoms with Gasteiger partial charge in [0, 0.05) is 30.6 Å². The maximum absolute atomic E-state index is 12.4. The smallest absolute Gasteiger partial charge is 0.257 e. The van der Waals surface area contributed by atoms with Crippen LogP contribution in [0.5, 0.6) is 5.75 Å². The third-order valence-electron chi connectivity index (χ3n) is 4.39. The molecule has 0 atom stereocenters. The lowest BCUT2D eigenvalue weighted by atomic mass is 10.2. The van der Waals surface area contributed by atoms with Crippen LogP contribution < -0.4 is 10.1 Å². The number of carbonyl (C=O) groups excluding carboxylic acids is 1. The van der Waals surface area contributed by atoms with E-state index in [4.69, 9.17) is 9.47 Å². The third-order valence-corrected chi connectivity index (χ3v) is 5.20. The summed E-state index contributed by atoms with van der Waals surface area (Å²) >= 11 is 1.45. The first-order valence-electron chi connectivity index (χ1n) is 9.53. The molecule has 1 N–H and O–H groups in total. The van der Waals surface area contributed by atoms with Gasteiger partial charge in [-0.2, -0.15) is 0 Å². The van der Waals surface area contributed by atoms with Gasteiger partial charge < -0.3 is 9.47 Å². The second-order valence-electron chi connectivity index (χ2n) is 6.57. The van der Waals surface area contributed by atoms with Crippen LogP contribution in [0.15, 0.2) is 29.6 Å². The zero-order valence-corrected chi connectivity index (χ0v) is 16.6. The fourth-order valence-electron chi connectivity index (χ4n) is 2.84. The van der Waals surface area contributed by atoms with Crippen LogP contribution in [-0.2, 0) is 11.3 Å². The van der Waals surface area contributed by atoms with Crippen molar-refractivity contribution in [1.82, 2.24) is 9.88 Å². The van der Waals surface area contributed by atoms with Gasteiger partial charge in [0.25, 0.3) is 5.91 Å². The van der Waals surface area contributed by atoms with Crippen LogP contribution in [0.25, 0.3) is 0 Å². The Morgan fingerprint density at radius 1 is 1.26 bits per heavy atom. The molecule has 2 aromatic rings. The Balaban J connectivity index is 1.48. The van der Waals surface area contributed by atoms with Gasteiger partial charge in [0.05, 0.1) is 25.5 Å². The summed E-state index contributed by atoms with van der Waals surface area (Å²) in [6, 6.07) is 7.25. The van der Waals surface area contributed by atoms with Gasteiger partial charge in [0.1, 0.15) is 5.75 Å². The minimum Gasteiger partial charge on any atom is -0.494 e. The van der Waals surface area contributed by atoms with Crippen molar-refractivity contribution in [2.75, 3.05) is 38.2 Å². The van der Waals surface area contributed by atoms with Crippen molar-refractivity contribution >= 4 is 22.4 Å². The topological polar surface area (TPSA) is 63.7 Å². The number of amides is 1. The maximum Gasteiger partial charge on any atom is 0.257 e. The number of anilines is 1. The largest absolute Gasteiger partial charge is 0.494 e. The van der Waals surface area contributed by atoms with Gasteiger partial charge in [-0.25, -0.2) is 4.98 Å². The lowest BCUT2D eigenvalue weighted by molar-refractivity contribution is 0.0337. The lowest BCUT2D eigenvalue weighted by Gasteiger charge is -2.25. The van der Waals surface area contributed by atoms with Crippen molar-refractivity contribution < 1.29 is 14.3 Å². The van der Waals surface area contributed by atoms with E-state index in [-0.39, 0.29) is 5.91 Å². The normalized spacial score (nSPS) is 14.9. The molecule has 1 saturated heterocycles. The second kappa shape index (κ2) is 10.4. The van der Waals surface area contributed by atoms with E-state index in [1.54, 1.807) is 12.1 Å². The molecule has 1 aliphatic heterocycles. The average molecular weight is 390 g/mol. The average Bonchev–Trinajstić information content (AvgIpc) is 3.13. The minimum absolute atomic E-state index is 0.153. The SMILES string of the molecule is CCCCCOc1ccc(C(=O)Nc2nc(CN3CCOCC3)cs2)cc1. The van der Waals surface area contributed by atoms with Crippen LogP contribution in [0, 0.1) is 0 Å². The highest BCUT2D eigenvalue weighted by atomic mass is 32.1. The molecule has 2 heterocycles. The van der Waals surface area contributed by atoms with E-state index >= 15 is 0 Å². The van der Waals surface area contributed by atoms with E-state index in [0.29, 0.717) is 17.3 Å². The summed E-state index contributed by atoms with van der Waals surface area (Å²) in [7, 11) is 0. The number of nitrogens with one attached hydrogen (secondary N) is 1. The maximum atomic E-state index is 12.4. The Hall–Kier alpha value is -1.96. The Morgan fingerprint density at radius 3 is 2.78 bits per heavy atom. The summed E-state index contributed by atoms with van der Waals surface area (Å²) in [6.07, 6.45) is 3.39. The molecule has 0 unspecified atom stereocenters. The number of aromatic nitrogens is 1. The van der Waals surface area contributed by atoms with Crippen molar-refractivity contribution in [3.63, 3.8) is 0 Å². The van der Waals surface area contributed by atoms with Crippen molar-refractivity contribution in [3.8, 4) is 5.75 Å². The number of ether oxygens (including phenoxy) is 2. The zero-order chi connectivity index (χ0) is 18.9. The number of thiazole rings is 1. The van der Waals surface area contributed by atoms with Gasteiger partial charge in [-0.15, -0.1) is 11.3 Å². The van der Waals surface area contributed by atoms with Crippen LogP contribution >= 0.6 is 11.3 Å². The van der Waals surface area contributed by atoms with E-state index in [1.165, 1.54) is 24.2 Å². The lowest BCUT2D eigenvalue weighted by Crippen LogP contribution is -2.35. The third kappa shape index (κ3) is 6.30.